The van der Waals surface area contributed by atoms with E-state index in [1.54, 1.807) is 7.11 Å². The Balaban J connectivity index is 1.75. The molecule has 0 saturated heterocycles. The van der Waals surface area contributed by atoms with E-state index in [2.05, 4.69) is 49.4 Å². The fraction of sp³-hybridized carbons (Fsp3) is 0.667. The third kappa shape index (κ3) is 3.80. The molecule has 3 unspecified atom stereocenters. The summed E-state index contributed by atoms with van der Waals surface area (Å²) < 4.78 is 6.06. The number of methoxy groups -OCH3 is 1. The second-order valence-electron chi connectivity index (χ2n) is 8.50. The maximum Gasteiger partial charge on any atom is 0.144 e. The first-order chi connectivity index (χ1) is 12.4. The monoisotopic (exact) mass is 360 g/mol. The molecule has 0 spiro atoms. The van der Waals surface area contributed by atoms with Crippen molar-refractivity contribution in [2.24, 2.45) is 5.16 Å². The summed E-state index contributed by atoms with van der Waals surface area (Å²) in [5, 5.41) is 17.9. The summed E-state index contributed by atoms with van der Waals surface area (Å²) in [6, 6.07) is 8.41. The Morgan fingerprint density at radius 1 is 1.31 bits per heavy atom. The molecule has 5 nitrogen and oxygen atoms in total. The third-order valence-corrected chi connectivity index (χ3v) is 5.50. The zero-order chi connectivity index (χ0) is 18.8. The van der Waals surface area contributed by atoms with Crippen LogP contribution < -0.4 is 5.32 Å². The van der Waals surface area contributed by atoms with E-state index < -0.39 is 11.7 Å². The molecule has 1 saturated carbocycles. The van der Waals surface area contributed by atoms with Crippen LogP contribution >= 0.6 is 0 Å². The SMILES string of the molecule is COC12CCCCC1c1ccccc1/C2=N/OCC(O)CNC(C)(C)C. The molecular weight excluding hydrogens is 328 g/mol. The van der Waals surface area contributed by atoms with Gasteiger partial charge in [-0.15, -0.1) is 0 Å². The minimum absolute atomic E-state index is 0.0350. The van der Waals surface area contributed by atoms with Crippen LogP contribution in [0.5, 0.6) is 0 Å². The molecule has 1 fully saturated rings. The predicted molar refractivity (Wildman–Crippen MR) is 104 cm³/mol. The van der Waals surface area contributed by atoms with Gasteiger partial charge in [0.05, 0.1) is 0 Å². The molecule has 144 valence electrons. The molecule has 0 amide bonds. The highest BCUT2D eigenvalue weighted by atomic mass is 16.6. The Morgan fingerprint density at radius 3 is 2.81 bits per heavy atom. The van der Waals surface area contributed by atoms with E-state index in [1.165, 1.54) is 12.0 Å². The largest absolute Gasteiger partial charge is 0.393 e. The maximum atomic E-state index is 10.1. The molecule has 3 rings (SSSR count). The fourth-order valence-electron chi connectivity index (χ4n) is 4.22. The van der Waals surface area contributed by atoms with E-state index in [1.807, 2.05) is 6.07 Å². The van der Waals surface area contributed by atoms with Crippen molar-refractivity contribution >= 4 is 5.71 Å². The summed E-state index contributed by atoms with van der Waals surface area (Å²) in [5.74, 6) is 0.340. The van der Waals surface area contributed by atoms with Crippen LogP contribution in [-0.2, 0) is 9.57 Å². The highest BCUT2D eigenvalue weighted by Gasteiger charge is 2.53. The lowest BCUT2D eigenvalue weighted by Crippen LogP contribution is -2.44. The Morgan fingerprint density at radius 2 is 2.08 bits per heavy atom. The molecule has 0 heterocycles. The number of hydrogen-bond acceptors (Lipinski definition) is 5. The van der Waals surface area contributed by atoms with Gasteiger partial charge in [-0.3, -0.25) is 0 Å². The van der Waals surface area contributed by atoms with Crippen molar-refractivity contribution in [2.75, 3.05) is 20.3 Å². The number of rotatable bonds is 6. The average molecular weight is 360 g/mol. The number of β-amino-alcohol motifs (C(OH)–C–C–N with tert-alkyl or cyclic N) is 1. The topological polar surface area (TPSA) is 63.1 Å². The number of nitrogens with zero attached hydrogens (tertiary/aromatic N) is 1. The fourth-order valence-corrected chi connectivity index (χ4v) is 4.22. The van der Waals surface area contributed by atoms with E-state index in [-0.39, 0.29) is 12.1 Å². The molecule has 1 aromatic carbocycles. The molecule has 5 heteroatoms. The van der Waals surface area contributed by atoms with Crippen LogP contribution in [0.3, 0.4) is 0 Å². The average Bonchev–Trinajstić information content (AvgIpc) is 2.90. The van der Waals surface area contributed by atoms with Crippen LogP contribution in [0, 0.1) is 0 Å². The quantitative estimate of drug-likeness (QED) is 0.765. The Kier molecular flexibility index (Phi) is 5.70. The molecule has 2 aliphatic rings. The van der Waals surface area contributed by atoms with Gasteiger partial charge >= 0.3 is 0 Å². The maximum absolute atomic E-state index is 10.1. The first-order valence-corrected chi connectivity index (χ1v) is 9.65. The lowest BCUT2D eigenvalue weighted by Gasteiger charge is -2.38. The molecule has 1 aromatic rings. The van der Waals surface area contributed by atoms with Gasteiger partial charge < -0.3 is 20.0 Å². The third-order valence-electron chi connectivity index (χ3n) is 5.50. The van der Waals surface area contributed by atoms with Crippen LogP contribution in [0.25, 0.3) is 0 Å². The van der Waals surface area contributed by atoms with E-state index in [9.17, 15) is 5.11 Å². The molecule has 0 aromatic heterocycles. The lowest BCUT2D eigenvalue weighted by molar-refractivity contribution is -0.00231. The van der Waals surface area contributed by atoms with Crippen molar-refractivity contribution in [2.45, 2.75) is 69.6 Å². The molecule has 2 aliphatic carbocycles. The minimum Gasteiger partial charge on any atom is -0.393 e. The number of nitrogens with one attached hydrogen (secondary N) is 1. The van der Waals surface area contributed by atoms with Crippen LogP contribution in [0.2, 0.25) is 0 Å². The highest BCUT2D eigenvalue weighted by molar-refractivity contribution is 6.11. The smallest absolute Gasteiger partial charge is 0.144 e. The molecule has 2 N–H and O–H groups in total. The number of hydrogen-bond donors (Lipinski definition) is 2. The summed E-state index contributed by atoms with van der Waals surface area (Å²) >= 11 is 0. The van der Waals surface area contributed by atoms with Gasteiger partial charge in [0.25, 0.3) is 0 Å². The lowest BCUT2D eigenvalue weighted by atomic mass is 9.75. The van der Waals surface area contributed by atoms with E-state index in [0.717, 1.165) is 30.5 Å². The van der Waals surface area contributed by atoms with Gasteiger partial charge in [0.15, 0.2) is 0 Å². The molecule has 0 radical (unpaired) electrons. The summed E-state index contributed by atoms with van der Waals surface area (Å²) in [4.78, 5) is 5.60. The standard InChI is InChI=1S/C21H32N2O3/c1-20(2,3)22-13-15(24)14-26-23-19-17-10-6-5-9-16(17)18-11-7-8-12-21(18,19)25-4/h5-6,9-10,15,18,22,24H,7-8,11-14H2,1-4H3/b23-19-. The normalized spacial score (nSPS) is 27.9. The van der Waals surface area contributed by atoms with Gasteiger partial charge in [0.1, 0.15) is 24.0 Å². The number of ether oxygens (including phenoxy) is 1. The number of benzene rings is 1. The van der Waals surface area contributed by atoms with Gasteiger partial charge in [-0.25, -0.2) is 0 Å². The second-order valence-corrected chi connectivity index (χ2v) is 8.50. The minimum atomic E-state index is -0.601. The van der Waals surface area contributed by atoms with Gasteiger partial charge in [-0.1, -0.05) is 42.3 Å². The van der Waals surface area contributed by atoms with Crippen LogP contribution in [0.1, 0.15) is 63.5 Å². The van der Waals surface area contributed by atoms with Crippen LogP contribution in [0.4, 0.5) is 0 Å². The van der Waals surface area contributed by atoms with Gasteiger partial charge in [0, 0.05) is 30.7 Å². The van der Waals surface area contributed by atoms with Crippen molar-refractivity contribution in [1.82, 2.24) is 5.32 Å². The zero-order valence-corrected chi connectivity index (χ0v) is 16.4. The molecular formula is C21H32N2O3. The van der Waals surface area contributed by atoms with Crippen molar-refractivity contribution in [3.8, 4) is 0 Å². The molecule has 26 heavy (non-hydrogen) atoms. The van der Waals surface area contributed by atoms with E-state index in [4.69, 9.17) is 9.57 Å². The van der Waals surface area contributed by atoms with Crippen LogP contribution in [-0.4, -0.2) is 48.3 Å². The summed E-state index contributed by atoms with van der Waals surface area (Å²) in [7, 11) is 1.78. The Bertz CT molecular complexity index is 653. The molecule has 0 aliphatic heterocycles. The summed E-state index contributed by atoms with van der Waals surface area (Å²) in [5.41, 5.74) is 2.90. The second kappa shape index (κ2) is 7.67. The number of aliphatic hydroxyl groups is 1. The molecule has 3 atom stereocenters. The van der Waals surface area contributed by atoms with E-state index in [0.29, 0.717) is 12.5 Å². The van der Waals surface area contributed by atoms with Gasteiger partial charge in [-0.05, 0) is 39.2 Å². The predicted octanol–water partition coefficient (Wildman–Crippen LogP) is 3.21. The number of fused-ring (bicyclic) bond motifs is 3. The summed E-state index contributed by atoms with van der Waals surface area (Å²) in [6.07, 6.45) is 3.82. The van der Waals surface area contributed by atoms with Crippen molar-refractivity contribution in [1.29, 1.82) is 0 Å². The zero-order valence-electron chi connectivity index (χ0n) is 16.4. The Hall–Kier alpha value is -1.43. The van der Waals surface area contributed by atoms with Crippen molar-refractivity contribution in [3.05, 3.63) is 35.4 Å². The van der Waals surface area contributed by atoms with Crippen molar-refractivity contribution < 1.29 is 14.7 Å². The first kappa shape index (κ1) is 19.3. The molecule has 0 bridgehead atoms. The highest BCUT2D eigenvalue weighted by Crippen LogP contribution is 2.51. The van der Waals surface area contributed by atoms with Crippen molar-refractivity contribution in [3.63, 3.8) is 0 Å². The van der Waals surface area contributed by atoms with E-state index >= 15 is 0 Å². The summed E-state index contributed by atoms with van der Waals surface area (Å²) in [6.45, 7) is 6.85. The van der Waals surface area contributed by atoms with Gasteiger partial charge in [0.2, 0.25) is 0 Å². The number of aliphatic hydroxyl groups excluding tert-OH is 1. The Labute approximate surface area is 156 Å². The number of oxime groups is 1. The van der Waals surface area contributed by atoms with Gasteiger partial charge in [-0.2, -0.15) is 0 Å². The van der Waals surface area contributed by atoms with Crippen LogP contribution in [0.15, 0.2) is 29.4 Å². The first-order valence-electron chi connectivity index (χ1n) is 9.65.